The van der Waals surface area contributed by atoms with Crippen molar-refractivity contribution in [3.63, 3.8) is 0 Å². The van der Waals surface area contributed by atoms with Gasteiger partial charge in [0, 0.05) is 0 Å². The topological polar surface area (TPSA) is 91.7 Å². The zero-order valence-corrected chi connectivity index (χ0v) is 9.77. The molecule has 0 aromatic heterocycles. The van der Waals surface area contributed by atoms with Gasteiger partial charge in [0.05, 0.1) is 10.8 Å². The molecular weight excluding hydrogens is 244 g/mol. The van der Waals surface area contributed by atoms with Gasteiger partial charge in [-0.2, -0.15) is 8.42 Å². The van der Waals surface area contributed by atoms with Crippen LogP contribution in [-0.4, -0.2) is 24.0 Å². The summed E-state index contributed by atoms with van der Waals surface area (Å²) in [7, 11) is -4.29. The molecule has 92 valence electrons. The van der Waals surface area contributed by atoms with Gasteiger partial charge < -0.3 is 5.11 Å². The van der Waals surface area contributed by atoms with Crippen molar-refractivity contribution in [1.29, 1.82) is 0 Å². The van der Waals surface area contributed by atoms with Crippen molar-refractivity contribution in [1.82, 2.24) is 0 Å². The van der Waals surface area contributed by atoms with Gasteiger partial charge in [0.1, 0.15) is 0 Å². The number of aliphatic carboxylic acids is 1. The van der Waals surface area contributed by atoms with Crippen molar-refractivity contribution in [3.8, 4) is 0 Å². The van der Waals surface area contributed by atoms with E-state index in [1.165, 1.54) is 6.07 Å². The standard InChI is InChI=1S/C11H12O5S/c12-11(13)8-5-4-7-2-1-3-10(9(7)6-8)17(14,15)16/h1-3,8H,4-6H2,(H,12,13)(H,14,15,16). The van der Waals surface area contributed by atoms with Crippen molar-refractivity contribution in [2.75, 3.05) is 0 Å². The molecular formula is C11H12O5S. The summed E-state index contributed by atoms with van der Waals surface area (Å²) in [5.41, 5.74) is 1.24. The lowest BCUT2D eigenvalue weighted by Crippen LogP contribution is -2.23. The van der Waals surface area contributed by atoms with E-state index in [-0.39, 0.29) is 11.3 Å². The molecule has 0 aliphatic heterocycles. The van der Waals surface area contributed by atoms with E-state index in [1.807, 2.05) is 0 Å². The van der Waals surface area contributed by atoms with Crippen LogP contribution in [0.3, 0.4) is 0 Å². The molecule has 1 unspecified atom stereocenters. The molecule has 1 aromatic carbocycles. The number of hydrogen-bond acceptors (Lipinski definition) is 3. The molecule has 5 nitrogen and oxygen atoms in total. The summed E-state index contributed by atoms with van der Waals surface area (Å²) in [4.78, 5) is 10.7. The zero-order chi connectivity index (χ0) is 12.6. The van der Waals surface area contributed by atoms with Crippen molar-refractivity contribution in [2.45, 2.75) is 24.2 Å². The molecule has 0 heterocycles. The number of carboxylic acids is 1. The minimum Gasteiger partial charge on any atom is -0.481 e. The fourth-order valence-electron chi connectivity index (χ4n) is 2.21. The molecule has 1 aromatic rings. The quantitative estimate of drug-likeness (QED) is 0.774. The first-order valence-electron chi connectivity index (χ1n) is 5.20. The predicted molar refractivity (Wildman–Crippen MR) is 59.4 cm³/mol. The Balaban J connectivity index is 2.51. The van der Waals surface area contributed by atoms with Gasteiger partial charge in [-0.1, -0.05) is 12.1 Å². The monoisotopic (exact) mass is 256 g/mol. The molecule has 2 rings (SSSR count). The van der Waals surface area contributed by atoms with Crippen LogP contribution in [0.4, 0.5) is 0 Å². The molecule has 0 fully saturated rings. The summed E-state index contributed by atoms with van der Waals surface area (Å²) in [5, 5.41) is 8.95. The lowest BCUT2D eigenvalue weighted by atomic mass is 9.84. The SMILES string of the molecule is O=C(O)C1CCc2cccc(S(=O)(=O)O)c2C1. The molecule has 2 N–H and O–H groups in total. The second kappa shape index (κ2) is 4.12. The van der Waals surface area contributed by atoms with Crippen molar-refractivity contribution < 1.29 is 22.9 Å². The maximum absolute atomic E-state index is 11.2. The number of carbonyl (C=O) groups is 1. The highest BCUT2D eigenvalue weighted by molar-refractivity contribution is 7.85. The van der Waals surface area contributed by atoms with Crippen LogP contribution in [0.1, 0.15) is 17.5 Å². The van der Waals surface area contributed by atoms with E-state index in [4.69, 9.17) is 9.66 Å². The summed E-state index contributed by atoms with van der Waals surface area (Å²) >= 11 is 0. The molecule has 1 atom stereocenters. The first-order valence-corrected chi connectivity index (χ1v) is 6.64. The number of fused-ring (bicyclic) bond motifs is 1. The molecule has 0 bridgehead atoms. The van der Waals surface area contributed by atoms with Gasteiger partial charge in [-0.15, -0.1) is 0 Å². The Morgan fingerprint density at radius 1 is 1.35 bits per heavy atom. The van der Waals surface area contributed by atoms with E-state index < -0.39 is 22.0 Å². The molecule has 0 saturated carbocycles. The molecule has 17 heavy (non-hydrogen) atoms. The Morgan fingerprint density at radius 2 is 2.06 bits per heavy atom. The van der Waals surface area contributed by atoms with Crippen LogP contribution in [0, 0.1) is 5.92 Å². The number of hydrogen-bond donors (Lipinski definition) is 2. The van der Waals surface area contributed by atoms with E-state index in [0.717, 1.165) is 5.56 Å². The van der Waals surface area contributed by atoms with Gasteiger partial charge in [0.2, 0.25) is 0 Å². The van der Waals surface area contributed by atoms with E-state index >= 15 is 0 Å². The Labute approximate surface area is 98.8 Å². The normalized spacial score (nSPS) is 19.7. The van der Waals surface area contributed by atoms with Gasteiger partial charge in [-0.3, -0.25) is 9.35 Å². The summed E-state index contributed by atoms with van der Waals surface area (Å²) in [6, 6.07) is 4.63. The molecule has 0 spiro atoms. The molecule has 0 saturated heterocycles. The Hall–Kier alpha value is -1.40. The first-order chi connectivity index (χ1) is 7.89. The van der Waals surface area contributed by atoms with Gasteiger partial charge in [0.25, 0.3) is 10.1 Å². The second-order valence-corrected chi connectivity index (χ2v) is 5.54. The largest absolute Gasteiger partial charge is 0.481 e. The van der Waals surface area contributed by atoms with E-state index in [9.17, 15) is 13.2 Å². The first kappa shape index (κ1) is 12.1. The van der Waals surface area contributed by atoms with Crippen LogP contribution in [0.5, 0.6) is 0 Å². The summed E-state index contributed by atoms with van der Waals surface area (Å²) in [6.07, 6.45) is 1.17. The van der Waals surface area contributed by atoms with Crippen molar-refractivity contribution in [3.05, 3.63) is 29.3 Å². The Bertz CT molecular complexity index is 561. The highest BCUT2D eigenvalue weighted by Gasteiger charge is 2.28. The maximum Gasteiger partial charge on any atom is 0.306 e. The molecule has 0 amide bonds. The summed E-state index contributed by atoms with van der Waals surface area (Å²) in [5.74, 6) is -1.51. The molecule has 1 aliphatic rings. The average Bonchev–Trinajstić information content (AvgIpc) is 2.26. The minimum atomic E-state index is -4.29. The number of aryl methyl sites for hydroxylation is 1. The maximum atomic E-state index is 11.2. The number of rotatable bonds is 2. The fraction of sp³-hybridized carbons (Fsp3) is 0.364. The summed E-state index contributed by atoms with van der Waals surface area (Å²) < 4.78 is 31.5. The van der Waals surface area contributed by atoms with Gasteiger partial charge in [-0.05, 0) is 36.5 Å². The fourth-order valence-corrected chi connectivity index (χ4v) is 2.98. The van der Waals surface area contributed by atoms with E-state index in [0.29, 0.717) is 18.4 Å². The van der Waals surface area contributed by atoms with Crippen LogP contribution < -0.4 is 0 Å². The minimum absolute atomic E-state index is 0.153. The molecule has 6 heteroatoms. The van der Waals surface area contributed by atoms with Crippen molar-refractivity contribution in [2.24, 2.45) is 5.92 Å². The zero-order valence-electron chi connectivity index (χ0n) is 8.96. The third-order valence-corrected chi connectivity index (χ3v) is 4.01. The van der Waals surface area contributed by atoms with Crippen LogP contribution >= 0.6 is 0 Å². The highest BCUT2D eigenvalue weighted by atomic mass is 32.2. The lowest BCUT2D eigenvalue weighted by molar-refractivity contribution is -0.142. The van der Waals surface area contributed by atoms with Gasteiger partial charge >= 0.3 is 5.97 Å². The highest BCUT2D eigenvalue weighted by Crippen LogP contribution is 2.30. The lowest BCUT2D eigenvalue weighted by Gasteiger charge is -2.22. The Morgan fingerprint density at radius 3 is 2.65 bits per heavy atom. The van der Waals surface area contributed by atoms with Crippen molar-refractivity contribution >= 4 is 16.1 Å². The second-order valence-electron chi connectivity index (χ2n) is 4.15. The Kier molecular flexibility index (Phi) is 2.92. The van der Waals surface area contributed by atoms with Crippen LogP contribution in [0.2, 0.25) is 0 Å². The molecule has 0 radical (unpaired) electrons. The summed E-state index contributed by atoms with van der Waals surface area (Å²) in [6.45, 7) is 0. The van der Waals surface area contributed by atoms with Gasteiger partial charge in [-0.25, -0.2) is 0 Å². The third kappa shape index (κ3) is 2.32. The smallest absolute Gasteiger partial charge is 0.306 e. The number of benzene rings is 1. The van der Waals surface area contributed by atoms with Crippen LogP contribution in [-0.2, 0) is 27.8 Å². The van der Waals surface area contributed by atoms with E-state index in [2.05, 4.69) is 0 Å². The van der Waals surface area contributed by atoms with E-state index in [1.54, 1.807) is 12.1 Å². The predicted octanol–water partition coefficient (Wildman–Crippen LogP) is 1.12. The third-order valence-electron chi connectivity index (χ3n) is 3.07. The average molecular weight is 256 g/mol. The molecule has 1 aliphatic carbocycles. The number of carboxylic acid groups (broad SMARTS) is 1. The van der Waals surface area contributed by atoms with Crippen LogP contribution in [0.15, 0.2) is 23.1 Å². The van der Waals surface area contributed by atoms with Gasteiger partial charge in [0.15, 0.2) is 0 Å². The van der Waals surface area contributed by atoms with Crippen LogP contribution in [0.25, 0.3) is 0 Å².